The highest BCUT2D eigenvalue weighted by molar-refractivity contribution is 6.01. The van der Waals surface area contributed by atoms with Gasteiger partial charge in [0.25, 0.3) is 5.91 Å². The molecule has 0 aliphatic carbocycles. The largest absolute Gasteiger partial charge is 0.494 e. The van der Waals surface area contributed by atoms with Gasteiger partial charge in [0.2, 0.25) is 0 Å². The molecule has 0 aliphatic heterocycles. The molecule has 0 unspecified atom stereocenters. The van der Waals surface area contributed by atoms with E-state index in [0.717, 1.165) is 24.2 Å². The number of methoxy groups -OCH3 is 2. The van der Waals surface area contributed by atoms with E-state index >= 15 is 0 Å². The minimum absolute atomic E-state index is 0.0717. The van der Waals surface area contributed by atoms with Crippen molar-refractivity contribution in [3.05, 3.63) is 65.2 Å². The van der Waals surface area contributed by atoms with Gasteiger partial charge in [-0.25, -0.2) is 4.79 Å². The van der Waals surface area contributed by atoms with Crippen LogP contribution in [-0.2, 0) is 14.3 Å². The smallest absolute Gasteiger partial charge is 0.336 e. The third kappa shape index (κ3) is 9.35. The molecule has 0 bridgehead atoms. The number of nitrogens with one attached hydrogen (secondary N) is 1. The molecule has 0 atom stereocenters. The summed E-state index contributed by atoms with van der Waals surface area (Å²) in [6.07, 6.45) is 6.45. The zero-order valence-electron chi connectivity index (χ0n) is 20.2. The Morgan fingerprint density at radius 1 is 1.03 bits per heavy atom. The molecule has 0 aromatic heterocycles. The van der Waals surface area contributed by atoms with Gasteiger partial charge < -0.3 is 24.3 Å². The van der Waals surface area contributed by atoms with Gasteiger partial charge in [-0.15, -0.1) is 0 Å². The number of esters is 1. The van der Waals surface area contributed by atoms with Crippen molar-refractivity contribution >= 4 is 24.0 Å². The molecule has 0 spiro atoms. The van der Waals surface area contributed by atoms with Gasteiger partial charge in [-0.05, 0) is 54.0 Å². The first kappa shape index (κ1) is 27.2. The van der Waals surface area contributed by atoms with Crippen LogP contribution < -0.4 is 19.5 Å². The maximum atomic E-state index is 12.3. The number of carbonyl (C=O) groups excluding carboxylic acids is 2. The number of ether oxygens (including phenoxy) is 4. The maximum absolute atomic E-state index is 12.3. The number of rotatable bonds is 13. The van der Waals surface area contributed by atoms with Crippen LogP contribution in [0.4, 0.5) is 0 Å². The van der Waals surface area contributed by atoms with Crippen molar-refractivity contribution in [2.75, 3.05) is 34.0 Å². The molecular weight excluding hydrogens is 448 g/mol. The molecule has 1 N–H and O–H groups in total. The van der Waals surface area contributed by atoms with E-state index < -0.39 is 11.9 Å². The summed E-state index contributed by atoms with van der Waals surface area (Å²) in [5, 5.41) is 11.9. The van der Waals surface area contributed by atoms with E-state index in [-0.39, 0.29) is 23.6 Å². The summed E-state index contributed by atoms with van der Waals surface area (Å²) >= 11 is 0. The topological polar surface area (TPSA) is 107 Å². The predicted octanol–water partition coefficient (Wildman–Crippen LogP) is 4.16. The van der Waals surface area contributed by atoms with Crippen LogP contribution in [-0.4, -0.2) is 45.9 Å². The number of carbonyl (C=O) groups is 2. The molecule has 8 nitrogen and oxygen atoms in total. The number of unbranched alkanes of at least 4 members (excludes halogenated alkanes) is 1. The summed E-state index contributed by atoms with van der Waals surface area (Å²) in [5.74, 6) is 0.187. The van der Waals surface area contributed by atoms with Crippen molar-refractivity contribution < 1.29 is 28.5 Å². The van der Waals surface area contributed by atoms with Crippen LogP contribution in [0.3, 0.4) is 0 Å². The second-order valence-electron chi connectivity index (χ2n) is 7.35. The molecule has 0 heterocycles. The lowest BCUT2D eigenvalue weighted by Gasteiger charge is -2.09. The standard InChI is InChI=1S/C27H30N2O6/c1-4-5-15-34-23-10-6-20(7-11-23)9-13-26(30)35-24-12-8-21(18-25(24)33-3)17-22(19-28)27(31)29-14-16-32-2/h6-13,17-18H,4-5,14-16H2,1-3H3,(H,29,31). The lowest BCUT2D eigenvalue weighted by Crippen LogP contribution is -2.27. The molecule has 0 radical (unpaired) electrons. The molecule has 0 saturated heterocycles. The van der Waals surface area contributed by atoms with E-state index in [2.05, 4.69) is 12.2 Å². The lowest BCUT2D eigenvalue weighted by atomic mass is 10.1. The second kappa shape index (κ2) is 14.9. The Morgan fingerprint density at radius 3 is 2.43 bits per heavy atom. The highest BCUT2D eigenvalue weighted by atomic mass is 16.6. The van der Waals surface area contributed by atoms with E-state index in [1.54, 1.807) is 18.2 Å². The van der Waals surface area contributed by atoms with E-state index in [1.807, 2.05) is 30.3 Å². The Balaban J connectivity index is 2.03. The molecule has 0 fully saturated rings. The van der Waals surface area contributed by atoms with Crippen molar-refractivity contribution in [2.24, 2.45) is 0 Å². The summed E-state index contributed by atoms with van der Waals surface area (Å²) in [6.45, 7) is 3.41. The van der Waals surface area contributed by atoms with Crippen molar-refractivity contribution in [3.8, 4) is 23.3 Å². The number of benzene rings is 2. The normalized spacial score (nSPS) is 11.1. The van der Waals surface area contributed by atoms with Gasteiger partial charge in [0.05, 0.1) is 20.3 Å². The van der Waals surface area contributed by atoms with Crippen molar-refractivity contribution in [2.45, 2.75) is 19.8 Å². The molecule has 1 amide bonds. The highest BCUT2D eigenvalue weighted by Crippen LogP contribution is 2.29. The average Bonchev–Trinajstić information content (AvgIpc) is 2.87. The lowest BCUT2D eigenvalue weighted by molar-refractivity contribution is -0.129. The van der Waals surface area contributed by atoms with Gasteiger partial charge in [-0.2, -0.15) is 5.26 Å². The zero-order valence-corrected chi connectivity index (χ0v) is 20.2. The molecule has 2 rings (SSSR count). The summed E-state index contributed by atoms with van der Waals surface area (Å²) in [6, 6.07) is 14.0. The van der Waals surface area contributed by atoms with Crippen LogP contribution in [0.5, 0.6) is 17.2 Å². The molecule has 8 heteroatoms. The monoisotopic (exact) mass is 478 g/mol. The molecule has 184 valence electrons. The van der Waals surface area contributed by atoms with Gasteiger partial charge in [0.15, 0.2) is 11.5 Å². The quantitative estimate of drug-likeness (QED) is 0.151. The molecule has 2 aromatic carbocycles. The van der Waals surface area contributed by atoms with E-state index in [4.69, 9.17) is 18.9 Å². The summed E-state index contributed by atoms with van der Waals surface area (Å²) in [4.78, 5) is 24.4. The average molecular weight is 479 g/mol. The van der Waals surface area contributed by atoms with Crippen LogP contribution in [0.2, 0.25) is 0 Å². The van der Waals surface area contributed by atoms with Crippen molar-refractivity contribution in [1.29, 1.82) is 5.26 Å². The number of nitrogens with zero attached hydrogens (tertiary/aromatic N) is 1. The molecule has 0 aliphatic rings. The van der Waals surface area contributed by atoms with Crippen LogP contribution in [0.25, 0.3) is 12.2 Å². The number of hydrogen-bond donors (Lipinski definition) is 1. The first-order valence-corrected chi connectivity index (χ1v) is 11.2. The van der Waals surface area contributed by atoms with Gasteiger partial charge in [0.1, 0.15) is 17.4 Å². The van der Waals surface area contributed by atoms with Gasteiger partial charge in [-0.3, -0.25) is 4.79 Å². The SMILES string of the molecule is CCCCOc1ccc(C=CC(=O)Oc2ccc(C=C(C#N)C(=O)NCCOC)cc2OC)cc1. The molecule has 35 heavy (non-hydrogen) atoms. The Bertz CT molecular complexity index is 1080. The molecule has 0 saturated carbocycles. The molecule has 2 aromatic rings. The fourth-order valence-corrected chi connectivity index (χ4v) is 2.85. The van der Waals surface area contributed by atoms with Crippen molar-refractivity contribution in [1.82, 2.24) is 5.32 Å². The van der Waals surface area contributed by atoms with E-state index in [0.29, 0.717) is 18.8 Å². The second-order valence-corrected chi connectivity index (χ2v) is 7.35. The van der Waals surface area contributed by atoms with Gasteiger partial charge in [-0.1, -0.05) is 31.5 Å². The van der Waals surface area contributed by atoms with Crippen molar-refractivity contribution in [3.63, 3.8) is 0 Å². The third-order valence-corrected chi connectivity index (χ3v) is 4.72. The highest BCUT2D eigenvalue weighted by Gasteiger charge is 2.12. The fraction of sp³-hybridized carbons (Fsp3) is 0.296. The summed E-state index contributed by atoms with van der Waals surface area (Å²) < 4.78 is 21.2. The van der Waals surface area contributed by atoms with Crippen LogP contribution in [0.1, 0.15) is 30.9 Å². The first-order valence-electron chi connectivity index (χ1n) is 11.2. The van der Waals surface area contributed by atoms with E-state index in [1.165, 1.54) is 32.4 Å². The van der Waals surface area contributed by atoms with Crippen LogP contribution in [0.15, 0.2) is 54.1 Å². The predicted molar refractivity (Wildman–Crippen MR) is 133 cm³/mol. The Hall–Kier alpha value is -4.09. The molecular formula is C27H30N2O6. The third-order valence-electron chi connectivity index (χ3n) is 4.72. The number of amides is 1. The van der Waals surface area contributed by atoms with Gasteiger partial charge in [0, 0.05) is 19.7 Å². The fourth-order valence-electron chi connectivity index (χ4n) is 2.85. The van der Waals surface area contributed by atoms with Gasteiger partial charge >= 0.3 is 5.97 Å². The number of hydrogen-bond acceptors (Lipinski definition) is 7. The minimum Gasteiger partial charge on any atom is -0.494 e. The summed E-state index contributed by atoms with van der Waals surface area (Å²) in [5.41, 5.74) is 1.29. The first-order chi connectivity index (χ1) is 17.0. The Kier molecular flexibility index (Phi) is 11.6. The van der Waals surface area contributed by atoms with Crippen LogP contribution >= 0.6 is 0 Å². The van der Waals surface area contributed by atoms with E-state index in [9.17, 15) is 14.9 Å². The maximum Gasteiger partial charge on any atom is 0.336 e. The van der Waals surface area contributed by atoms with Crippen LogP contribution in [0, 0.1) is 11.3 Å². The minimum atomic E-state index is -0.579. The number of nitriles is 1. The Morgan fingerprint density at radius 2 is 1.77 bits per heavy atom. The zero-order chi connectivity index (χ0) is 25.5. The summed E-state index contributed by atoms with van der Waals surface area (Å²) in [7, 11) is 2.95. The Labute approximate surface area is 205 Å².